The number of aryl methyl sites for hydroxylation is 1. The Morgan fingerprint density at radius 1 is 1.24 bits per heavy atom. The normalized spacial score (nSPS) is 9.82. The highest BCUT2D eigenvalue weighted by Gasteiger charge is 2.05. The van der Waals surface area contributed by atoms with Gasteiger partial charge >= 0.3 is 0 Å². The van der Waals surface area contributed by atoms with Crippen molar-refractivity contribution in [1.29, 1.82) is 0 Å². The van der Waals surface area contributed by atoms with Crippen LogP contribution < -0.4 is 10.5 Å². The highest BCUT2D eigenvalue weighted by atomic mass is 35.5. The fourth-order valence-electron chi connectivity index (χ4n) is 1.66. The Morgan fingerprint density at radius 2 is 2.00 bits per heavy atom. The molecule has 0 radical (unpaired) electrons. The van der Waals surface area contributed by atoms with Gasteiger partial charge in [-0.25, -0.2) is 0 Å². The van der Waals surface area contributed by atoms with E-state index in [2.05, 4.69) is 25.1 Å². The Balaban J connectivity index is 0.00000144. The summed E-state index contributed by atoms with van der Waals surface area (Å²) < 4.78 is 5.33. The SMILES string of the molecule is COc1cc(-c2ccc(C)s2)ccc1CN.Cl. The third-order valence-electron chi connectivity index (χ3n) is 2.53. The first-order valence-electron chi connectivity index (χ1n) is 5.18. The molecule has 2 N–H and O–H groups in total. The van der Waals surface area contributed by atoms with Gasteiger partial charge in [0.05, 0.1) is 7.11 Å². The van der Waals surface area contributed by atoms with Gasteiger partial charge in [0.1, 0.15) is 5.75 Å². The topological polar surface area (TPSA) is 35.2 Å². The lowest BCUT2D eigenvalue weighted by atomic mass is 10.1. The lowest BCUT2D eigenvalue weighted by Crippen LogP contribution is -1.99. The van der Waals surface area contributed by atoms with Crippen molar-refractivity contribution < 1.29 is 4.74 Å². The van der Waals surface area contributed by atoms with Gasteiger partial charge in [0.2, 0.25) is 0 Å². The van der Waals surface area contributed by atoms with Crippen LogP contribution in [0, 0.1) is 6.92 Å². The highest BCUT2D eigenvalue weighted by Crippen LogP contribution is 2.31. The molecule has 0 atom stereocenters. The Morgan fingerprint density at radius 3 is 2.53 bits per heavy atom. The highest BCUT2D eigenvalue weighted by molar-refractivity contribution is 7.15. The maximum Gasteiger partial charge on any atom is 0.123 e. The van der Waals surface area contributed by atoms with Gasteiger partial charge in [-0.1, -0.05) is 12.1 Å². The van der Waals surface area contributed by atoms with Crippen LogP contribution in [-0.4, -0.2) is 7.11 Å². The molecule has 2 aromatic rings. The Labute approximate surface area is 112 Å². The van der Waals surface area contributed by atoms with E-state index < -0.39 is 0 Å². The average molecular weight is 270 g/mol. The molecule has 4 heteroatoms. The van der Waals surface area contributed by atoms with Crippen molar-refractivity contribution >= 4 is 23.7 Å². The number of thiophene rings is 1. The number of rotatable bonds is 3. The van der Waals surface area contributed by atoms with Gasteiger partial charge in [0.15, 0.2) is 0 Å². The summed E-state index contributed by atoms with van der Waals surface area (Å²) in [4.78, 5) is 2.58. The minimum absolute atomic E-state index is 0. The lowest BCUT2D eigenvalue weighted by molar-refractivity contribution is 0.410. The van der Waals surface area contributed by atoms with Crippen molar-refractivity contribution in [3.05, 3.63) is 40.8 Å². The third-order valence-corrected chi connectivity index (χ3v) is 3.58. The number of hydrogen-bond acceptors (Lipinski definition) is 3. The van der Waals surface area contributed by atoms with Gasteiger partial charge in [0, 0.05) is 21.9 Å². The van der Waals surface area contributed by atoms with Crippen LogP contribution in [0.15, 0.2) is 30.3 Å². The molecule has 0 unspecified atom stereocenters. The molecular weight excluding hydrogens is 254 g/mol. The number of benzene rings is 1. The van der Waals surface area contributed by atoms with Gasteiger partial charge in [0.25, 0.3) is 0 Å². The molecule has 0 bridgehead atoms. The third kappa shape index (κ3) is 3.00. The maximum absolute atomic E-state index is 5.64. The van der Waals surface area contributed by atoms with Crippen LogP contribution in [-0.2, 0) is 6.54 Å². The number of hydrogen-bond donors (Lipinski definition) is 1. The smallest absolute Gasteiger partial charge is 0.123 e. The van der Waals surface area contributed by atoms with Gasteiger partial charge in [-0.3, -0.25) is 0 Å². The molecule has 0 aliphatic rings. The van der Waals surface area contributed by atoms with Crippen molar-refractivity contribution in [2.45, 2.75) is 13.5 Å². The van der Waals surface area contributed by atoms with Crippen LogP contribution in [0.5, 0.6) is 5.75 Å². The second-order valence-electron chi connectivity index (χ2n) is 3.64. The average Bonchev–Trinajstić information content (AvgIpc) is 2.75. The van der Waals surface area contributed by atoms with E-state index in [1.165, 1.54) is 15.3 Å². The van der Waals surface area contributed by atoms with Crippen LogP contribution in [0.1, 0.15) is 10.4 Å². The Bertz CT molecular complexity index is 496. The van der Waals surface area contributed by atoms with E-state index in [1.807, 2.05) is 12.1 Å². The first-order chi connectivity index (χ1) is 7.74. The summed E-state index contributed by atoms with van der Waals surface area (Å²) in [5, 5.41) is 0. The van der Waals surface area contributed by atoms with Crippen LogP contribution in [0.2, 0.25) is 0 Å². The molecule has 0 spiro atoms. The van der Waals surface area contributed by atoms with Gasteiger partial charge < -0.3 is 10.5 Å². The van der Waals surface area contributed by atoms with E-state index in [-0.39, 0.29) is 12.4 Å². The van der Waals surface area contributed by atoms with Crippen LogP contribution in [0.25, 0.3) is 10.4 Å². The number of nitrogens with two attached hydrogens (primary N) is 1. The van der Waals surface area contributed by atoms with Crippen LogP contribution >= 0.6 is 23.7 Å². The zero-order valence-electron chi connectivity index (χ0n) is 9.90. The van der Waals surface area contributed by atoms with E-state index in [9.17, 15) is 0 Å². The summed E-state index contributed by atoms with van der Waals surface area (Å²) in [6.45, 7) is 2.62. The molecule has 1 aromatic carbocycles. The van der Waals surface area contributed by atoms with E-state index in [4.69, 9.17) is 10.5 Å². The molecule has 0 amide bonds. The van der Waals surface area contributed by atoms with E-state index in [0.29, 0.717) is 6.54 Å². The zero-order chi connectivity index (χ0) is 11.5. The lowest BCUT2D eigenvalue weighted by Gasteiger charge is -2.08. The molecule has 1 aromatic heterocycles. The maximum atomic E-state index is 5.64. The number of ether oxygens (including phenoxy) is 1. The summed E-state index contributed by atoms with van der Waals surface area (Å²) in [5.74, 6) is 0.867. The molecule has 0 aliphatic heterocycles. The van der Waals surface area contributed by atoms with Crippen molar-refractivity contribution in [3.63, 3.8) is 0 Å². The number of halogens is 1. The fraction of sp³-hybridized carbons (Fsp3) is 0.231. The second-order valence-corrected chi connectivity index (χ2v) is 4.93. The Kier molecular flexibility index (Phi) is 5.00. The molecule has 1 heterocycles. The number of methoxy groups -OCH3 is 1. The minimum Gasteiger partial charge on any atom is -0.496 e. The molecule has 92 valence electrons. The minimum atomic E-state index is 0. The second kappa shape index (κ2) is 6.05. The summed E-state index contributed by atoms with van der Waals surface area (Å²) in [7, 11) is 1.68. The van der Waals surface area contributed by atoms with Crippen molar-refractivity contribution in [1.82, 2.24) is 0 Å². The fourth-order valence-corrected chi connectivity index (χ4v) is 2.52. The van der Waals surface area contributed by atoms with E-state index in [1.54, 1.807) is 18.4 Å². The first kappa shape index (κ1) is 14.0. The van der Waals surface area contributed by atoms with Gasteiger partial charge in [-0.05, 0) is 30.7 Å². The summed E-state index contributed by atoms with van der Waals surface area (Å²) >= 11 is 1.79. The van der Waals surface area contributed by atoms with Crippen molar-refractivity contribution in [2.24, 2.45) is 5.73 Å². The van der Waals surface area contributed by atoms with Gasteiger partial charge in [-0.15, -0.1) is 23.7 Å². The van der Waals surface area contributed by atoms with E-state index in [0.717, 1.165) is 11.3 Å². The van der Waals surface area contributed by atoms with Crippen molar-refractivity contribution in [3.8, 4) is 16.2 Å². The largest absolute Gasteiger partial charge is 0.496 e. The summed E-state index contributed by atoms with van der Waals surface area (Å²) in [6, 6.07) is 10.4. The molecule has 17 heavy (non-hydrogen) atoms. The molecular formula is C13H16ClNOS. The molecule has 0 saturated carbocycles. The first-order valence-corrected chi connectivity index (χ1v) is 6.00. The standard InChI is InChI=1S/C13H15NOS.ClH/c1-9-3-6-13(16-9)10-4-5-11(8-14)12(7-10)15-2;/h3-7H,8,14H2,1-2H3;1H. The predicted molar refractivity (Wildman–Crippen MR) is 76.2 cm³/mol. The van der Waals surface area contributed by atoms with Crippen molar-refractivity contribution in [2.75, 3.05) is 7.11 Å². The molecule has 2 rings (SSSR count). The molecule has 0 aliphatic carbocycles. The van der Waals surface area contributed by atoms with Crippen LogP contribution in [0.4, 0.5) is 0 Å². The van der Waals surface area contributed by atoms with Crippen LogP contribution in [0.3, 0.4) is 0 Å². The monoisotopic (exact) mass is 269 g/mol. The molecule has 0 saturated heterocycles. The zero-order valence-corrected chi connectivity index (χ0v) is 11.5. The van der Waals surface area contributed by atoms with E-state index >= 15 is 0 Å². The summed E-state index contributed by atoms with van der Waals surface area (Å²) in [6.07, 6.45) is 0. The quantitative estimate of drug-likeness (QED) is 0.924. The molecule has 2 nitrogen and oxygen atoms in total. The predicted octanol–water partition coefficient (Wildman–Crippen LogP) is 3.61. The summed E-state index contributed by atoms with van der Waals surface area (Å²) in [5.41, 5.74) is 7.87. The van der Waals surface area contributed by atoms with Gasteiger partial charge in [-0.2, -0.15) is 0 Å². The Hall–Kier alpha value is -1.03. The molecule has 0 fully saturated rings.